The summed E-state index contributed by atoms with van der Waals surface area (Å²) >= 11 is 0. The average molecular weight is 442 g/mol. The monoisotopic (exact) mass is 442 g/mol. The summed E-state index contributed by atoms with van der Waals surface area (Å²) in [5.74, 6) is 0. The van der Waals surface area contributed by atoms with E-state index >= 15 is 0 Å². The largest absolute Gasteiger partial charge is 0.342 e. The summed E-state index contributed by atoms with van der Waals surface area (Å²) in [7, 11) is 0. The van der Waals surface area contributed by atoms with Crippen LogP contribution in [0.5, 0.6) is 0 Å². The van der Waals surface area contributed by atoms with Crippen LogP contribution >= 0.6 is 0 Å². The minimum atomic E-state index is -0.236. The first kappa shape index (κ1) is 19.7. The van der Waals surface area contributed by atoms with Crippen LogP contribution in [-0.4, -0.2) is 24.1 Å². The Morgan fingerprint density at radius 2 is 1.71 bits per heavy atom. The van der Waals surface area contributed by atoms with Gasteiger partial charge < -0.3 is 4.57 Å². The second-order valence-electron chi connectivity index (χ2n) is 7.97. The molecule has 162 valence electrons. The third-order valence-corrected chi connectivity index (χ3v) is 5.92. The second kappa shape index (κ2) is 7.87. The zero-order valence-corrected chi connectivity index (χ0v) is 18.0. The Labute approximate surface area is 194 Å². The Kier molecular flexibility index (Phi) is 4.56. The maximum atomic E-state index is 13.4. The number of pyridine rings is 1. The third-order valence-electron chi connectivity index (χ3n) is 5.92. The fourth-order valence-corrected chi connectivity index (χ4v) is 4.28. The molecule has 0 N–H and O–H groups in total. The lowest BCUT2D eigenvalue weighted by Gasteiger charge is -2.14. The van der Waals surface area contributed by atoms with Gasteiger partial charge in [0.15, 0.2) is 0 Å². The molecule has 0 radical (unpaired) electrons. The van der Waals surface area contributed by atoms with Gasteiger partial charge >= 0.3 is 0 Å². The van der Waals surface area contributed by atoms with Crippen molar-refractivity contribution in [2.24, 2.45) is 0 Å². The van der Waals surface area contributed by atoms with Crippen molar-refractivity contribution in [2.75, 3.05) is 0 Å². The SMILES string of the molecule is [C-]#[N+]c1ccccc1-n1nc2c3ccccc3n(Cc3ccc(-n4cccn4)cc3)cc-2c1=O. The molecule has 0 amide bonds. The molecule has 0 spiro atoms. The molecule has 2 aliphatic rings. The highest BCUT2D eigenvalue weighted by atomic mass is 16.1. The predicted octanol–water partition coefficient (Wildman–Crippen LogP) is 5.08. The molecule has 0 unspecified atom stereocenters. The molecular formula is C27H18N6O. The van der Waals surface area contributed by atoms with Gasteiger partial charge in [0.25, 0.3) is 5.56 Å². The summed E-state index contributed by atoms with van der Waals surface area (Å²) < 4.78 is 5.24. The van der Waals surface area contributed by atoms with Crippen LogP contribution < -0.4 is 5.56 Å². The predicted molar refractivity (Wildman–Crippen MR) is 131 cm³/mol. The van der Waals surface area contributed by atoms with Gasteiger partial charge in [0.2, 0.25) is 5.69 Å². The van der Waals surface area contributed by atoms with E-state index in [1.165, 1.54) is 4.68 Å². The number of hydrogen-bond donors (Lipinski definition) is 0. The van der Waals surface area contributed by atoms with E-state index in [-0.39, 0.29) is 5.56 Å². The summed E-state index contributed by atoms with van der Waals surface area (Å²) in [6, 6.07) is 25.1. The molecule has 3 heterocycles. The first-order valence-electron chi connectivity index (χ1n) is 10.8. The van der Waals surface area contributed by atoms with E-state index in [0.717, 1.165) is 22.2 Å². The summed E-state index contributed by atoms with van der Waals surface area (Å²) in [5.41, 5.74) is 4.86. The first-order chi connectivity index (χ1) is 16.7. The molecule has 0 saturated carbocycles. The maximum Gasteiger partial charge on any atom is 0.281 e. The molecule has 0 fully saturated rings. The minimum Gasteiger partial charge on any atom is -0.342 e. The highest BCUT2D eigenvalue weighted by Gasteiger charge is 2.21. The van der Waals surface area contributed by atoms with Crippen molar-refractivity contribution in [3.8, 4) is 22.6 Å². The molecule has 3 aromatic carbocycles. The second-order valence-corrected chi connectivity index (χ2v) is 7.97. The summed E-state index contributed by atoms with van der Waals surface area (Å²) in [4.78, 5) is 17.0. The Bertz CT molecular complexity index is 1700. The van der Waals surface area contributed by atoms with Crippen molar-refractivity contribution in [1.29, 1.82) is 0 Å². The number of rotatable bonds is 4. The smallest absolute Gasteiger partial charge is 0.281 e. The van der Waals surface area contributed by atoms with Gasteiger partial charge in [0.1, 0.15) is 5.69 Å². The number of aromatic nitrogens is 5. The van der Waals surface area contributed by atoms with Gasteiger partial charge in [-0.2, -0.15) is 10.2 Å². The molecule has 0 bridgehead atoms. The number of nitrogens with zero attached hydrogens (tertiary/aromatic N) is 6. The van der Waals surface area contributed by atoms with Crippen LogP contribution in [0.15, 0.2) is 102 Å². The molecule has 0 atom stereocenters. The van der Waals surface area contributed by atoms with Crippen LogP contribution in [0.2, 0.25) is 0 Å². The lowest BCUT2D eigenvalue weighted by molar-refractivity contribution is 0.824. The quantitative estimate of drug-likeness (QED) is 0.358. The van der Waals surface area contributed by atoms with Crippen molar-refractivity contribution in [2.45, 2.75) is 6.54 Å². The van der Waals surface area contributed by atoms with Gasteiger partial charge in [-0.3, -0.25) is 4.79 Å². The Morgan fingerprint density at radius 1 is 0.912 bits per heavy atom. The number of fused-ring (bicyclic) bond motifs is 3. The van der Waals surface area contributed by atoms with Crippen molar-refractivity contribution in [1.82, 2.24) is 24.1 Å². The van der Waals surface area contributed by atoms with Crippen LogP contribution in [0.1, 0.15) is 5.56 Å². The Morgan fingerprint density at radius 3 is 2.50 bits per heavy atom. The Balaban J connectivity index is 1.49. The highest BCUT2D eigenvalue weighted by molar-refractivity contribution is 5.93. The molecule has 34 heavy (non-hydrogen) atoms. The fraction of sp³-hybridized carbons (Fsp3) is 0.0370. The lowest BCUT2D eigenvalue weighted by atomic mass is 10.1. The van der Waals surface area contributed by atoms with E-state index < -0.39 is 0 Å². The van der Waals surface area contributed by atoms with E-state index in [2.05, 4.69) is 31.7 Å². The van der Waals surface area contributed by atoms with E-state index in [1.807, 2.05) is 59.5 Å². The van der Waals surface area contributed by atoms with E-state index in [1.54, 1.807) is 30.5 Å². The normalized spacial score (nSPS) is 11.1. The van der Waals surface area contributed by atoms with Crippen LogP contribution in [0, 0.1) is 6.57 Å². The van der Waals surface area contributed by atoms with Crippen molar-refractivity contribution >= 4 is 16.6 Å². The molecule has 7 nitrogen and oxygen atoms in total. The summed E-state index contributed by atoms with van der Waals surface area (Å²) in [6.07, 6.45) is 5.53. The van der Waals surface area contributed by atoms with Gasteiger partial charge in [-0.05, 0) is 35.9 Å². The molecule has 1 aromatic heterocycles. The molecule has 0 aliphatic carbocycles. The van der Waals surface area contributed by atoms with Crippen molar-refractivity contribution < 1.29 is 0 Å². The van der Waals surface area contributed by atoms with Gasteiger partial charge in [-0.1, -0.05) is 48.5 Å². The molecule has 7 heteroatoms. The first-order valence-corrected chi connectivity index (χ1v) is 10.8. The van der Waals surface area contributed by atoms with Crippen LogP contribution in [-0.2, 0) is 6.54 Å². The zero-order valence-electron chi connectivity index (χ0n) is 18.0. The van der Waals surface area contributed by atoms with Crippen molar-refractivity contribution in [3.63, 3.8) is 0 Å². The minimum absolute atomic E-state index is 0.236. The summed E-state index contributed by atoms with van der Waals surface area (Å²) in [5, 5.41) is 9.81. The number of benzene rings is 3. The topological polar surface area (TPSA) is 62.0 Å². The lowest BCUT2D eigenvalue weighted by Crippen LogP contribution is -2.15. The van der Waals surface area contributed by atoms with Crippen LogP contribution in [0.25, 0.3) is 38.4 Å². The fourth-order valence-electron chi connectivity index (χ4n) is 4.28. The molecule has 4 aromatic rings. The number of hydrogen-bond acceptors (Lipinski definition) is 3. The van der Waals surface area contributed by atoms with Crippen molar-refractivity contribution in [3.05, 3.63) is 125 Å². The van der Waals surface area contributed by atoms with Crippen LogP contribution in [0.3, 0.4) is 0 Å². The van der Waals surface area contributed by atoms with E-state index in [4.69, 9.17) is 6.57 Å². The van der Waals surface area contributed by atoms with E-state index in [0.29, 0.717) is 29.2 Å². The van der Waals surface area contributed by atoms with Gasteiger partial charge in [-0.25, -0.2) is 14.2 Å². The van der Waals surface area contributed by atoms with E-state index in [9.17, 15) is 4.79 Å². The molecule has 0 saturated heterocycles. The van der Waals surface area contributed by atoms with Crippen LogP contribution in [0.4, 0.5) is 5.69 Å². The third kappa shape index (κ3) is 3.17. The van der Waals surface area contributed by atoms with Gasteiger partial charge in [0.05, 0.1) is 29.0 Å². The van der Waals surface area contributed by atoms with Gasteiger partial charge in [0, 0.05) is 30.5 Å². The molecular weight excluding hydrogens is 424 g/mol. The standard InChI is InChI=1S/C27H18N6O/c1-28-23-8-3-5-10-25(23)33-27(34)22-18-31(24-9-4-2-7-21(24)26(22)30-33)17-19-11-13-20(14-12-19)32-16-6-15-29-32/h2-16,18H,17H2. The molecule has 2 aliphatic heterocycles. The Hall–Kier alpha value is -4.96. The zero-order chi connectivity index (χ0) is 23.1. The molecule has 6 rings (SSSR count). The number of para-hydroxylation sites is 3. The maximum absolute atomic E-state index is 13.4. The highest BCUT2D eigenvalue weighted by Crippen LogP contribution is 2.30. The van der Waals surface area contributed by atoms with Gasteiger partial charge in [-0.15, -0.1) is 0 Å². The summed E-state index contributed by atoms with van der Waals surface area (Å²) in [6.45, 7) is 8.06. The average Bonchev–Trinajstić information content (AvgIpc) is 3.54.